The molecule has 2 aromatic carbocycles. The van der Waals surface area contributed by atoms with E-state index in [1.165, 1.54) is 31.0 Å². The summed E-state index contributed by atoms with van der Waals surface area (Å²) in [5.74, 6) is -0.130. The summed E-state index contributed by atoms with van der Waals surface area (Å²) in [6.07, 6.45) is 8.34. The van der Waals surface area contributed by atoms with Gasteiger partial charge in [-0.3, -0.25) is 14.4 Å². The molecule has 1 N–H and O–H groups in total. The lowest BCUT2D eigenvalue weighted by Gasteiger charge is -2.32. The number of likely N-dealkylation sites (N-methyl/N-ethyl adjacent to an activating group) is 1. The summed E-state index contributed by atoms with van der Waals surface area (Å²) in [7, 11) is 1.97. The van der Waals surface area contributed by atoms with Crippen LogP contribution in [0.5, 0.6) is 5.75 Å². The maximum absolute atomic E-state index is 14.0. The van der Waals surface area contributed by atoms with Crippen LogP contribution in [0.2, 0.25) is 0 Å². The summed E-state index contributed by atoms with van der Waals surface area (Å²) < 4.78 is 35.7. The Bertz CT molecular complexity index is 1850. The molecule has 0 spiro atoms. The highest BCUT2D eigenvalue weighted by molar-refractivity contribution is 7.87. The molecule has 2 aliphatic heterocycles. The van der Waals surface area contributed by atoms with Crippen molar-refractivity contribution in [2.45, 2.75) is 58.4 Å². The number of carbonyl (C=O) groups is 3. The minimum atomic E-state index is -4.00. The summed E-state index contributed by atoms with van der Waals surface area (Å²) in [4.78, 5) is 43.3. The molecule has 0 atom stereocenters. The van der Waals surface area contributed by atoms with Crippen LogP contribution in [-0.4, -0.2) is 92.7 Å². The van der Waals surface area contributed by atoms with Crippen LogP contribution in [0, 0.1) is 0 Å². The number of methoxy groups -OCH3 is 1. The zero-order valence-corrected chi connectivity index (χ0v) is 27.7. The third-order valence-electron chi connectivity index (χ3n) is 9.46. The number of fused-ring (bicyclic) bond motifs is 5. The molecule has 2 fully saturated rings. The van der Waals surface area contributed by atoms with Crippen molar-refractivity contribution in [3.05, 3.63) is 58.7 Å². The smallest absolute Gasteiger partial charge is 0.303 e. The van der Waals surface area contributed by atoms with Crippen molar-refractivity contribution in [3.8, 4) is 17.0 Å². The van der Waals surface area contributed by atoms with Gasteiger partial charge in [0, 0.05) is 61.8 Å². The molecule has 0 bridgehead atoms. The predicted molar refractivity (Wildman–Crippen MR) is 183 cm³/mol. The molecule has 0 unspecified atom stereocenters. The number of nitrogens with zero attached hydrogens (tertiary/aromatic N) is 4. The van der Waals surface area contributed by atoms with Gasteiger partial charge < -0.3 is 19.1 Å². The quantitative estimate of drug-likeness (QED) is 0.376. The van der Waals surface area contributed by atoms with Crippen LogP contribution >= 0.6 is 0 Å². The van der Waals surface area contributed by atoms with Gasteiger partial charge in [0.05, 0.1) is 25.9 Å². The van der Waals surface area contributed by atoms with Crippen LogP contribution in [0.1, 0.15) is 73.4 Å². The monoisotopic (exact) mass is 663 g/mol. The molecule has 1 saturated heterocycles. The first-order chi connectivity index (χ1) is 22.0. The van der Waals surface area contributed by atoms with E-state index < -0.39 is 16.1 Å². The Balaban J connectivity index is 0.00000433. The summed E-state index contributed by atoms with van der Waals surface area (Å²) in [5.41, 5.74) is 5.37. The Kier molecular flexibility index (Phi) is 9.83. The van der Waals surface area contributed by atoms with E-state index in [0.29, 0.717) is 24.4 Å². The number of nitrogens with one attached hydrogen (secondary N) is 1. The van der Waals surface area contributed by atoms with Crippen molar-refractivity contribution in [1.29, 1.82) is 0 Å². The highest BCUT2D eigenvalue weighted by Gasteiger charge is 2.32. The molecule has 252 valence electrons. The van der Waals surface area contributed by atoms with Crippen LogP contribution < -0.4 is 9.46 Å². The second-order valence-corrected chi connectivity index (χ2v) is 14.5. The molecule has 3 amide bonds. The fourth-order valence-electron chi connectivity index (χ4n) is 6.77. The van der Waals surface area contributed by atoms with Crippen LogP contribution in [0.15, 0.2) is 42.0 Å². The lowest BCUT2D eigenvalue weighted by Crippen LogP contribution is -2.47. The van der Waals surface area contributed by atoms with Crippen molar-refractivity contribution in [2.75, 3.05) is 47.9 Å². The second kappa shape index (κ2) is 13.5. The van der Waals surface area contributed by atoms with E-state index in [2.05, 4.69) is 9.29 Å². The van der Waals surface area contributed by atoms with Crippen LogP contribution in [0.3, 0.4) is 0 Å². The number of amides is 3. The summed E-state index contributed by atoms with van der Waals surface area (Å²) in [5, 5.41) is 0.977. The Morgan fingerprint density at radius 2 is 1.70 bits per heavy atom. The normalized spacial score (nSPS) is 16.3. The van der Waals surface area contributed by atoms with Gasteiger partial charge in [0.15, 0.2) is 0 Å². The number of ether oxygens (including phenoxy) is 1. The van der Waals surface area contributed by atoms with Crippen LogP contribution in [0.25, 0.3) is 28.2 Å². The summed E-state index contributed by atoms with van der Waals surface area (Å²) in [6, 6.07) is 11.2. The van der Waals surface area contributed by atoms with E-state index in [1.807, 2.05) is 30.3 Å². The summed E-state index contributed by atoms with van der Waals surface area (Å²) in [6.45, 7) is 1.62. The molecule has 1 aliphatic carbocycles. The van der Waals surface area contributed by atoms with Crippen LogP contribution in [-0.2, 0) is 26.3 Å². The molecule has 3 aliphatic rings. The zero-order valence-electron chi connectivity index (χ0n) is 26.8. The maximum atomic E-state index is 14.0. The Labute approximate surface area is 277 Å². The highest BCUT2D eigenvalue weighted by Crippen LogP contribution is 2.47. The first-order valence-corrected chi connectivity index (χ1v) is 17.3. The molecule has 1 saturated carbocycles. The first-order valence-electron chi connectivity index (χ1n) is 15.8. The molecular weight excluding hydrogens is 618 g/mol. The largest absolute Gasteiger partial charge is 0.497 e. The van der Waals surface area contributed by atoms with Gasteiger partial charge in [-0.2, -0.15) is 12.7 Å². The summed E-state index contributed by atoms with van der Waals surface area (Å²) >= 11 is 0. The van der Waals surface area contributed by atoms with E-state index in [-0.39, 0.29) is 43.8 Å². The predicted octanol–water partition coefficient (Wildman–Crippen LogP) is 4.62. The average Bonchev–Trinajstić information content (AvgIpc) is 3.22. The van der Waals surface area contributed by atoms with E-state index in [0.717, 1.165) is 64.1 Å². The molecule has 12 heteroatoms. The van der Waals surface area contributed by atoms with Crippen LogP contribution in [0.4, 0.5) is 0 Å². The minimum absolute atomic E-state index is 0. The lowest BCUT2D eigenvalue weighted by atomic mass is 9.81. The van der Waals surface area contributed by atoms with Gasteiger partial charge >= 0.3 is 10.2 Å². The van der Waals surface area contributed by atoms with E-state index >= 15 is 0 Å². The Morgan fingerprint density at radius 1 is 0.979 bits per heavy atom. The van der Waals surface area contributed by atoms with Crippen molar-refractivity contribution in [3.63, 3.8) is 0 Å². The van der Waals surface area contributed by atoms with Gasteiger partial charge in [-0.05, 0) is 72.7 Å². The number of likely N-dealkylation sites (tertiary alicyclic amines) is 1. The highest BCUT2D eigenvalue weighted by atomic mass is 32.2. The Hall–Kier alpha value is -4.16. The van der Waals surface area contributed by atoms with E-state index in [4.69, 9.17) is 4.74 Å². The SMILES string of the molecule is C.COc1ccc2c(c1)C=C(C(=O)N(C)CC(=O)N1CCC1)Cn1c-2c(C2CCCCC2)c2ccc(C(=O)NS(=O)(=O)N(C)C)cc21. The standard InChI is InChI=1S/C34H41N5O6S.CH4/c1-36(2)46(43,44)35-33(41)23-11-13-28-29(19-23)39-20-25(34(42)37(3)21-30(40)38-15-8-16-38)17-24-18-26(45-4)12-14-27(24)32(39)31(28)22-9-6-5-7-10-22;/h11-14,17-19,22H,5-10,15-16,20-21H2,1-4H3,(H,35,41);1H4. The van der Waals surface area contributed by atoms with E-state index in [9.17, 15) is 22.8 Å². The minimum Gasteiger partial charge on any atom is -0.497 e. The number of benzene rings is 2. The van der Waals surface area contributed by atoms with Crippen molar-refractivity contribution < 1.29 is 27.5 Å². The van der Waals surface area contributed by atoms with Gasteiger partial charge in [-0.1, -0.05) is 32.8 Å². The molecule has 1 aromatic heterocycles. The fourth-order valence-corrected chi connectivity index (χ4v) is 7.30. The molecule has 3 heterocycles. The van der Waals surface area contributed by atoms with Crippen molar-refractivity contribution in [1.82, 2.24) is 23.4 Å². The first kappa shape index (κ1) is 34.2. The molecule has 0 radical (unpaired) electrons. The Morgan fingerprint density at radius 3 is 2.34 bits per heavy atom. The number of rotatable bonds is 8. The molecule has 6 rings (SSSR count). The van der Waals surface area contributed by atoms with Crippen molar-refractivity contribution >= 4 is 44.9 Å². The molecule has 3 aromatic rings. The second-order valence-electron chi connectivity index (χ2n) is 12.7. The van der Waals surface area contributed by atoms with Gasteiger partial charge in [0.2, 0.25) is 5.91 Å². The third kappa shape index (κ3) is 6.53. The van der Waals surface area contributed by atoms with E-state index in [1.54, 1.807) is 31.2 Å². The van der Waals surface area contributed by atoms with Gasteiger partial charge in [-0.25, -0.2) is 4.72 Å². The number of hydrogen-bond acceptors (Lipinski definition) is 6. The lowest BCUT2D eigenvalue weighted by molar-refractivity contribution is -0.140. The number of carbonyl (C=O) groups excluding carboxylic acids is 3. The maximum Gasteiger partial charge on any atom is 0.303 e. The van der Waals surface area contributed by atoms with Gasteiger partial charge in [-0.15, -0.1) is 0 Å². The van der Waals surface area contributed by atoms with Gasteiger partial charge in [0.25, 0.3) is 11.8 Å². The average molecular weight is 664 g/mol. The molecule has 47 heavy (non-hydrogen) atoms. The molecular formula is C35H45N5O6S. The topological polar surface area (TPSA) is 121 Å². The van der Waals surface area contributed by atoms with Crippen molar-refractivity contribution in [2.24, 2.45) is 0 Å². The third-order valence-corrected chi connectivity index (χ3v) is 10.9. The number of aromatic nitrogens is 1. The fraction of sp³-hybridized carbons (Fsp3) is 0.457. The number of hydrogen-bond donors (Lipinski definition) is 1. The zero-order chi connectivity index (χ0) is 32.7. The van der Waals surface area contributed by atoms with Gasteiger partial charge in [0.1, 0.15) is 5.75 Å². The molecule has 11 nitrogen and oxygen atoms in total.